The van der Waals surface area contributed by atoms with Gasteiger partial charge in [-0.1, -0.05) is 12.1 Å². The van der Waals surface area contributed by atoms with E-state index in [1.807, 2.05) is 17.0 Å². The molecular weight excluding hydrogens is 357 g/mol. The molecule has 2 aromatic rings. The Labute approximate surface area is 155 Å². The number of nitrogens with zero attached hydrogens (tertiary/aromatic N) is 1. The molecule has 7 heteroatoms. The Bertz CT molecular complexity index is 827. The van der Waals surface area contributed by atoms with Gasteiger partial charge in [-0.05, 0) is 35.4 Å². The molecule has 5 nitrogen and oxygen atoms in total. The van der Waals surface area contributed by atoms with Crippen molar-refractivity contribution < 1.29 is 23.4 Å². The van der Waals surface area contributed by atoms with Gasteiger partial charge >= 0.3 is 0 Å². The molecule has 0 aromatic heterocycles. The van der Waals surface area contributed by atoms with Gasteiger partial charge in [0.2, 0.25) is 18.4 Å². The number of fused-ring (bicyclic) bond motifs is 1. The first-order valence-electron chi connectivity index (χ1n) is 8.29. The van der Waals surface area contributed by atoms with Crippen molar-refractivity contribution in [1.82, 2.24) is 4.90 Å². The monoisotopic (exact) mass is 375 g/mol. The van der Waals surface area contributed by atoms with Crippen LogP contribution < -0.4 is 14.2 Å². The van der Waals surface area contributed by atoms with Gasteiger partial charge in [0.25, 0.3) is 0 Å². The Hall–Kier alpha value is -2.41. The molecule has 136 valence electrons. The average molecular weight is 375 g/mol. The summed E-state index contributed by atoms with van der Waals surface area (Å²) in [5.74, 6) is 2.35. The molecule has 2 heterocycles. The summed E-state index contributed by atoms with van der Waals surface area (Å²) in [5, 5.41) is -0.162. The Balaban J connectivity index is 1.66. The van der Waals surface area contributed by atoms with Crippen molar-refractivity contribution in [3.05, 3.63) is 53.3 Å². The van der Waals surface area contributed by atoms with E-state index in [1.165, 1.54) is 12.1 Å². The Morgan fingerprint density at radius 3 is 2.85 bits per heavy atom. The van der Waals surface area contributed by atoms with E-state index in [-0.39, 0.29) is 23.9 Å². The van der Waals surface area contributed by atoms with E-state index < -0.39 is 0 Å². The number of ether oxygens (including phenoxy) is 3. The summed E-state index contributed by atoms with van der Waals surface area (Å²) < 4.78 is 29.5. The lowest BCUT2D eigenvalue weighted by molar-refractivity contribution is -0.132. The van der Waals surface area contributed by atoms with Gasteiger partial charge in [0.1, 0.15) is 11.2 Å². The second-order valence-corrected chi connectivity index (χ2v) is 7.27. The Morgan fingerprint density at radius 1 is 1.27 bits per heavy atom. The fraction of sp³-hybridized carbons (Fsp3) is 0.316. The molecule has 4 rings (SSSR count). The van der Waals surface area contributed by atoms with Gasteiger partial charge in [-0.25, -0.2) is 4.39 Å². The van der Waals surface area contributed by atoms with Crippen molar-refractivity contribution in [2.75, 3.05) is 19.7 Å². The molecule has 26 heavy (non-hydrogen) atoms. The molecule has 1 atom stereocenters. The molecule has 1 amide bonds. The van der Waals surface area contributed by atoms with Gasteiger partial charge in [-0.15, -0.1) is 11.8 Å². The molecule has 2 aromatic carbocycles. The molecule has 1 unspecified atom stereocenters. The minimum Gasteiger partial charge on any atom is -0.493 e. The van der Waals surface area contributed by atoms with Crippen LogP contribution in [0.3, 0.4) is 0 Å². The zero-order valence-corrected chi connectivity index (χ0v) is 15.1. The fourth-order valence-corrected chi connectivity index (χ4v) is 4.36. The van der Waals surface area contributed by atoms with Crippen LogP contribution in [0.15, 0.2) is 36.4 Å². The van der Waals surface area contributed by atoms with E-state index in [2.05, 4.69) is 0 Å². The van der Waals surface area contributed by atoms with Gasteiger partial charge in [-0.3, -0.25) is 4.79 Å². The predicted octanol–water partition coefficient (Wildman–Crippen LogP) is 3.73. The van der Waals surface area contributed by atoms with Crippen LogP contribution in [0.1, 0.15) is 22.9 Å². The van der Waals surface area contributed by atoms with E-state index in [0.717, 1.165) is 16.9 Å². The number of carbonyl (C=O) groups is 1. The lowest BCUT2D eigenvalue weighted by Crippen LogP contribution is -2.36. The summed E-state index contributed by atoms with van der Waals surface area (Å²) >= 11 is 1.69. The highest BCUT2D eigenvalue weighted by Gasteiger charge is 2.32. The lowest BCUT2D eigenvalue weighted by Gasteiger charge is -2.35. The number of thioether (sulfide) groups is 1. The van der Waals surface area contributed by atoms with Crippen molar-refractivity contribution >= 4 is 17.7 Å². The molecule has 0 aliphatic carbocycles. The van der Waals surface area contributed by atoms with Crippen LogP contribution >= 0.6 is 11.8 Å². The average Bonchev–Trinajstić information content (AvgIpc) is 3.13. The zero-order chi connectivity index (χ0) is 18.1. The van der Waals surface area contributed by atoms with E-state index in [9.17, 15) is 9.18 Å². The number of halogens is 1. The van der Waals surface area contributed by atoms with Crippen molar-refractivity contribution in [2.45, 2.75) is 18.3 Å². The number of amides is 1. The maximum atomic E-state index is 13.2. The fourth-order valence-electron chi connectivity index (χ4n) is 3.15. The topological polar surface area (TPSA) is 48.0 Å². The van der Waals surface area contributed by atoms with Crippen molar-refractivity contribution in [2.24, 2.45) is 0 Å². The number of methoxy groups -OCH3 is 1. The summed E-state index contributed by atoms with van der Waals surface area (Å²) in [6.07, 6.45) is 0.490. The van der Waals surface area contributed by atoms with Gasteiger partial charge in [0.15, 0.2) is 11.5 Å². The molecular formula is C19H18FNO4S. The molecule has 0 saturated carbocycles. The third-order valence-electron chi connectivity index (χ3n) is 4.43. The normalized spacial score (nSPS) is 18.9. The third-order valence-corrected chi connectivity index (χ3v) is 5.71. The highest BCUT2D eigenvalue weighted by molar-refractivity contribution is 7.99. The second kappa shape index (κ2) is 7.07. The first kappa shape index (κ1) is 17.0. The Morgan fingerprint density at radius 2 is 2.08 bits per heavy atom. The molecule has 0 spiro atoms. The molecule has 1 fully saturated rings. The molecule has 2 aliphatic heterocycles. The number of hydrogen-bond acceptors (Lipinski definition) is 5. The Kier molecular flexibility index (Phi) is 4.63. The lowest BCUT2D eigenvalue weighted by atomic mass is 10.1. The summed E-state index contributed by atoms with van der Waals surface area (Å²) in [4.78, 5) is 14.4. The summed E-state index contributed by atoms with van der Waals surface area (Å²) in [5.41, 5.74) is 1.81. The molecule has 0 radical (unpaired) electrons. The zero-order valence-electron chi connectivity index (χ0n) is 14.2. The summed E-state index contributed by atoms with van der Waals surface area (Å²) in [6, 6.07) is 10.0. The van der Waals surface area contributed by atoms with Crippen LogP contribution in [0.5, 0.6) is 17.2 Å². The second-order valence-electron chi connectivity index (χ2n) is 6.08. The van der Waals surface area contributed by atoms with Crippen molar-refractivity contribution in [3.8, 4) is 17.2 Å². The number of benzene rings is 2. The van der Waals surface area contributed by atoms with Crippen molar-refractivity contribution in [1.29, 1.82) is 0 Å². The minimum absolute atomic E-state index is 0.0784. The van der Waals surface area contributed by atoms with E-state index >= 15 is 0 Å². The van der Waals surface area contributed by atoms with E-state index in [1.54, 1.807) is 31.0 Å². The van der Waals surface area contributed by atoms with Crippen LogP contribution in [0.25, 0.3) is 0 Å². The maximum absolute atomic E-state index is 13.2. The van der Waals surface area contributed by atoms with Gasteiger partial charge < -0.3 is 19.1 Å². The van der Waals surface area contributed by atoms with Crippen LogP contribution in [-0.4, -0.2) is 30.5 Å². The van der Waals surface area contributed by atoms with Crippen LogP contribution in [0.2, 0.25) is 0 Å². The number of hydrogen-bond donors (Lipinski definition) is 0. The largest absolute Gasteiger partial charge is 0.493 e. The van der Waals surface area contributed by atoms with E-state index in [4.69, 9.17) is 14.2 Å². The molecule has 1 saturated heterocycles. The highest BCUT2D eigenvalue weighted by atomic mass is 32.2. The first-order chi connectivity index (χ1) is 12.7. The minimum atomic E-state index is -0.287. The van der Waals surface area contributed by atoms with Gasteiger partial charge in [0, 0.05) is 18.7 Å². The molecule has 0 bridgehead atoms. The van der Waals surface area contributed by atoms with Crippen molar-refractivity contribution in [3.63, 3.8) is 0 Å². The van der Waals surface area contributed by atoms with Crippen LogP contribution in [0.4, 0.5) is 4.39 Å². The first-order valence-corrected chi connectivity index (χ1v) is 9.33. The maximum Gasteiger partial charge on any atom is 0.231 e. The van der Waals surface area contributed by atoms with E-state index in [0.29, 0.717) is 30.2 Å². The standard InChI is InChI=1S/C19H18FNO4S/c1-23-15-8-13(9-16-18(15)25-11-24-16)19-21(17(22)6-7-26-19)10-12-2-4-14(20)5-3-12/h2-5,8-9,19H,6-7,10-11H2,1H3. The summed E-state index contributed by atoms with van der Waals surface area (Å²) in [6.45, 7) is 0.582. The smallest absolute Gasteiger partial charge is 0.231 e. The summed E-state index contributed by atoms with van der Waals surface area (Å²) in [7, 11) is 1.58. The SMILES string of the molecule is COc1cc(C2SCCC(=O)N2Cc2ccc(F)cc2)cc2c1OCO2. The van der Waals surface area contributed by atoms with Gasteiger partial charge in [0.05, 0.1) is 7.11 Å². The third kappa shape index (κ3) is 3.19. The number of carbonyl (C=O) groups excluding carboxylic acids is 1. The highest BCUT2D eigenvalue weighted by Crippen LogP contribution is 2.47. The quantitative estimate of drug-likeness (QED) is 0.815. The molecule has 0 N–H and O–H groups in total. The predicted molar refractivity (Wildman–Crippen MR) is 95.9 cm³/mol. The van der Waals surface area contributed by atoms with Gasteiger partial charge in [-0.2, -0.15) is 0 Å². The molecule has 2 aliphatic rings. The number of rotatable bonds is 4. The van der Waals surface area contributed by atoms with Crippen LogP contribution in [0, 0.1) is 5.82 Å². The van der Waals surface area contributed by atoms with Crippen LogP contribution in [-0.2, 0) is 11.3 Å².